The highest BCUT2D eigenvalue weighted by atomic mass is 16.6. The van der Waals surface area contributed by atoms with Crippen LogP contribution in [0.5, 0.6) is 0 Å². The summed E-state index contributed by atoms with van der Waals surface area (Å²) in [6.07, 6.45) is 1.83. The molecule has 112 valence electrons. The molecule has 0 aromatic heterocycles. The zero-order valence-electron chi connectivity index (χ0n) is 12.7. The molecule has 2 aliphatic carbocycles. The average Bonchev–Trinajstić information content (AvgIpc) is 2.95. The van der Waals surface area contributed by atoms with Crippen molar-refractivity contribution >= 4 is 11.9 Å². The minimum atomic E-state index is -0.704. The van der Waals surface area contributed by atoms with Gasteiger partial charge < -0.3 is 9.47 Å². The molecular formula is C16H24O4. The Labute approximate surface area is 120 Å². The molecule has 6 atom stereocenters. The second kappa shape index (κ2) is 4.47. The highest BCUT2D eigenvalue weighted by Crippen LogP contribution is 2.55. The molecule has 0 aromatic rings. The molecule has 0 N–H and O–H groups in total. The molecule has 1 heterocycles. The summed E-state index contributed by atoms with van der Waals surface area (Å²) in [5.74, 6) is 1.79. The Kier molecular flexibility index (Phi) is 3.11. The molecule has 0 amide bonds. The number of esters is 2. The number of cyclic esters (lactones) is 1. The second-order valence-electron chi connectivity index (χ2n) is 7.53. The van der Waals surface area contributed by atoms with Crippen LogP contribution in [0.25, 0.3) is 0 Å². The average molecular weight is 280 g/mol. The van der Waals surface area contributed by atoms with Gasteiger partial charge in [-0.25, -0.2) is 4.79 Å². The van der Waals surface area contributed by atoms with Gasteiger partial charge in [0.1, 0.15) is 5.60 Å². The smallest absolute Gasteiger partial charge is 0.348 e. The molecule has 4 heteroatoms. The van der Waals surface area contributed by atoms with Crippen molar-refractivity contribution in [3.8, 4) is 0 Å². The van der Waals surface area contributed by atoms with Crippen molar-refractivity contribution in [1.82, 2.24) is 0 Å². The molecule has 3 aliphatic rings. The SMILES string of the molecule is CC1C2CC(C(=O)OC3CC(C)(C)OC3=O)C(C2)C1C. The first-order valence-corrected chi connectivity index (χ1v) is 7.72. The quantitative estimate of drug-likeness (QED) is 0.729. The molecule has 0 radical (unpaired) electrons. The number of rotatable bonds is 2. The minimum Gasteiger partial charge on any atom is -0.457 e. The van der Waals surface area contributed by atoms with E-state index in [0.717, 1.165) is 12.8 Å². The van der Waals surface area contributed by atoms with E-state index < -0.39 is 17.7 Å². The Morgan fingerprint density at radius 3 is 2.45 bits per heavy atom. The van der Waals surface area contributed by atoms with Gasteiger partial charge in [-0.15, -0.1) is 0 Å². The maximum atomic E-state index is 12.4. The normalized spacial score (nSPS) is 45.5. The third kappa shape index (κ3) is 2.13. The largest absolute Gasteiger partial charge is 0.457 e. The summed E-state index contributed by atoms with van der Waals surface area (Å²) in [5, 5.41) is 0. The van der Waals surface area contributed by atoms with E-state index in [1.165, 1.54) is 0 Å². The van der Waals surface area contributed by atoms with Gasteiger partial charge in [-0.1, -0.05) is 13.8 Å². The molecule has 6 unspecified atom stereocenters. The van der Waals surface area contributed by atoms with Gasteiger partial charge in [-0.2, -0.15) is 0 Å². The van der Waals surface area contributed by atoms with Crippen molar-refractivity contribution in [2.24, 2.45) is 29.6 Å². The molecule has 0 spiro atoms. The highest BCUT2D eigenvalue weighted by molar-refractivity contribution is 5.82. The van der Waals surface area contributed by atoms with Crippen LogP contribution in [-0.4, -0.2) is 23.6 Å². The number of ether oxygens (including phenoxy) is 2. The van der Waals surface area contributed by atoms with Crippen LogP contribution in [0.3, 0.4) is 0 Å². The Morgan fingerprint density at radius 2 is 1.95 bits per heavy atom. The first-order valence-electron chi connectivity index (χ1n) is 7.72. The fourth-order valence-corrected chi connectivity index (χ4v) is 4.44. The Morgan fingerprint density at radius 1 is 1.25 bits per heavy atom. The molecule has 3 fully saturated rings. The van der Waals surface area contributed by atoms with Crippen molar-refractivity contribution in [3.05, 3.63) is 0 Å². The van der Waals surface area contributed by atoms with Crippen LogP contribution in [0.15, 0.2) is 0 Å². The molecule has 0 aromatic carbocycles. The van der Waals surface area contributed by atoms with Crippen LogP contribution in [0.2, 0.25) is 0 Å². The van der Waals surface area contributed by atoms with E-state index in [0.29, 0.717) is 30.1 Å². The molecule has 2 bridgehead atoms. The number of carbonyl (C=O) groups is 2. The second-order valence-corrected chi connectivity index (χ2v) is 7.53. The van der Waals surface area contributed by atoms with Gasteiger partial charge in [-0.05, 0) is 50.4 Å². The standard InChI is InChI=1S/C16H24O4/c1-8-9(2)11-5-10(8)6-12(11)14(17)19-13-7-16(3,4)20-15(13)18/h8-13H,5-7H2,1-4H3. The zero-order valence-corrected chi connectivity index (χ0v) is 12.7. The van der Waals surface area contributed by atoms with Gasteiger partial charge >= 0.3 is 11.9 Å². The fourth-order valence-electron chi connectivity index (χ4n) is 4.44. The van der Waals surface area contributed by atoms with Crippen molar-refractivity contribution < 1.29 is 19.1 Å². The lowest BCUT2D eigenvalue weighted by Crippen LogP contribution is -2.34. The van der Waals surface area contributed by atoms with Gasteiger partial charge in [-0.3, -0.25) is 4.79 Å². The van der Waals surface area contributed by atoms with Crippen LogP contribution in [0.1, 0.15) is 47.0 Å². The molecule has 3 rings (SSSR count). The van der Waals surface area contributed by atoms with Crippen LogP contribution >= 0.6 is 0 Å². The predicted molar refractivity (Wildman–Crippen MR) is 72.7 cm³/mol. The van der Waals surface area contributed by atoms with Crippen LogP contribution < -0.4 is 0 Å². The monoisotopic (exact) mass is 280 g/mol. The van der Waals surface area contributed by atoms with Gasteiger partial charge in [0, 0.05) is 6.42 Å². The van der Waals surface area contributed by atoms with E-state index in [2.05, 4.69) is 13.8 Å². The Balaban J connectivity index is 1.63. The lowest BCUT2D eigenvalue weighted by atomic mass is 9.76. The van der Waals surface area contributed by atoms with Gasteiger partial charge in [0.05, 0.1) is 5.92 Å². The van der Waals surface area contributed by atoms with E-state index in [1.54, 1.807) is 0 Å². The lowest BCUT2D eigenvalue weighted by Gasteiger charge is -2.30. The fraction of sp³-hybridized carbons (Fsp3) is 0.875. The van der Waals surface area contributed by atoms with E-state index in [4.69, 9.17) is 9.47 Å². The summed E-state index contributed by atoms with van der Waals surface area (Å²) in [6, 6.07) is 0. The van der Waals surface area contributed by atoms with E-state index in [1.807, 2.05) is 13.8 Å². The first kappa shape index (κ1) is 13.9. The summed E-state index contributed by atoms with van der Waals surface area (Å²) in [7, 11) is 0. The molecule has 20 heavy (non-hydrogen) atoms. The summed E-state index contributed by atoms with van der Waals surface area (Å²) in [6.45, 7) is 8.22. The highest BCUT2D eigenvalue weighted by Gasteiger charge is 2.53. The maximum absolute atomic E-state index is 12.4. The van der Waals surface area contributed by atoms with E-state index in [-0.39, 0.29) is 11.9 Å². The lowest BCUT2D eigenvalue weighted by molar-refractivity contribution is -0.166. The number of hydrogen-bond acceptors (Lipinski definition) is 4. The van der Waals surface area contributed by atoms with Gasteiger partial charge in [0.15, 0.2) is 0 Å². The molecule has 4 nitrogen and oxygen atoms in total. The number of fused-ring (bicyclic) bond motifs is 2. The summed E-state index contributed by atoms with van der Waals surface area (Å²) in [5.41, 5.74) is -0.515. The van der Waals surface area contributed by atoms with Crippen LogP contribution in [0.4, 0.5) is 0 Å². The van der Waals surface area contributed by atoms with E-state index in [9.17, 15) is 9.59 Å². The molecule has 2 saturated carbocycles. The van der Waals surface area contributed by atoms with E-state index >= 15 is 0 Å². The summed E-state index contributed by atoms with van der Waals surface area (Å²) >= 11 is 0. The predicted octanol–water partition coefficient (Wildman–Crippen LogP) is 2.55. The van der Waals surface area contributed by atoms with Gasteiger partial charge in [0.2, 0.25) is 6.10 Å². The summed E-state index contributed by atoms with van der Waals surface area (Å²) < 4.78 is 10.7. The van der Waals surface area contributed by atoms with Crippen LogP contribution in [-0.2, 0) is 19.1 Å². The summed E-state index contributed by atoms with van der Waals surface area (Å²) in [4.78, 5) is 24.1. The van der Waals surface area contributed by atoms with Crippen molar-refractivity contribution in [3.63, 3.8) is 0 Å². The number of carbonyl (C=O) groups excluding carboxylic acids is 2. The first-order chi connectivity index (χ1) is 9.28. The van der Waals surface area contributed by atoms with Crippen LogP contribution in [0, 0.1) is 29.6 Å². The van der Waals surface area contributed by atoms with Crippen molar-refractivity contribution in [2.75, 3.05) is 0 Å². The Bertz CT molecular complexity index is 440. The topological polar surface area (TPSA) is 52.6 Å². The molecule has 1 saturated heterocycles. The number of hydrogen-bond donors (Lipinski definition) is 0. The molecule has 1 aliphatic heterocycles. The van der Waals surface area contributed by atoms with Gasteiger partial charge in [0.25, 0.3) is 0 Å². The van der Waals surface area contributed by atoms with Crippen molar-refractivity contribution in [2.45, 2.75) is 58.7 Å². The third-order valence-corrected chi connectivity index (χ3v) is 5.77. The Hall–Kier alpha value is -1.06. The minimum absolute atomic E-state index is 0.0114. The zero-order chi connectivity index (χ0) is 14.7. The van der Waals surface area contributed by atoms with Crippen molar-refractivity contribution in [1.29, 1.82) is 0 Å². The molecular weight excluding hydrogens is 256 g/mol. The third-order valence-electron chi connectivity index (χ3n) is 5.77. The maximum Gasteiger partial charge on any atom is 0.348 e.